The van der Waals surface area contributed by atoms with Crippen LogP contribution in [-0.4, -0.2) is 12.6 Å². The van der Waals surface area contributed by atoms with Crippen molar-refractivity contribution in [3.8, 4) is 6.07 Å². The highest BCUT2D eigenvalue weighted by atomic mass is 14.9. The van der Waals surface area contributed by atoms with Crippen LogP contribution in [-0.2, 0) is 6.42 Å². The summed E-state index contributed by atoms with van der Waals surface area (Å²) >= 11 is 0. The molecule has 0 aliphatic rings. The van der Waals surface area contributed by atoms with Gasteiger partial charge >= 0.3 is 0 Å². The Balaban J connectivity index is 2.24. The molecule has 0 aliphatic carbocycles. The molecule has 0 saturated carbocycles. The first-order valence-corrected chi connectivity index (χ1v) is 7.18. The minimum Gasteiger partial charge on any atom is -0.314 e. The van der Waals surface area contributed by atoms with E-state index in [9.17, 15) is 0 Å². The van der Waals surface area contributed by atoms with E-state index in [1.165, 1.54) is 5.56 Å². The van der Waals surface area contributed by atoms with Crippen molar-refractivity contribution in [3.05, 3.63) is 35.9 Å². The molecule has 0 spiro atoms. The van der Waals surface area contributed by atoms with E-state index in [1.54, 1.807) is 0 Å². The van der Waals surface area contributed by atoms with Crippen LogP contribution in [0.3, 0.4) is 0 Å². The van der Waals surface area contributed by atoms with Crippen molar-refractivity contribution in [3.63, 3.8) is 0 Å². The van der Waals surface area contributed by atoms with Gasteiger partial charge < -0.3 is 5.32 Å². The van der Waals surface area contributed by atoms with E-state index in [4.69, 9.17) is 5.26 Å². The summed E-state index contributed by atoms with van der Waals surface area (Å²) in [6.45, 7) is 7.66. The summed E-state index contributed by atoms with van der Waals surface area (Å²) in [5.74, 6) is 0. The van der Waals surface area contributed by atoms with Crippen LogP contribution in [0.25, 0.3) is 0 Å². The molecule has 19 heavy (non-hydrogen) atoms. The lowest BCUT2D eigenvalue weighted by atomic mass is 9.87. The van der Waals surface area contributed by atoms with Gasteiger partial charge in [-0.05, 0) is 37.2 Å². The molecule has 1 N–H and O–H groups in total. The van der Waals surface area contributed by atoms with Crippen LogP contribution < -0.4 is 5.32 Å². The van der Waals surface area contributed by atoms with Gasteiger partial charge in [0.15, 0.2) is 0 Å². The van der Waals surface area contributed by atoms with Crippen LogP contribution in [0.5, 0.6) is 0 Å². The highest BCUT2D eigenvalue weighted by Crippen LogP contribution is 2.21. The summed E-state index contributed by atoms with van der Waals surface area (Å²) in [5, 5.41) is 12.2. The summed E-state index contributed by atoms with van der Waals surface area (Å²) in [5.41, 5.74) is 1.61. The molecular weight excluding hydrogens is 232 g/mol. The summed E-state index contributed by atoms with van der Waals surface area (Å²) in [6, 6.07) is 13.4. The normalized spacial score (nSPS) is 12.9. The number of nitrogens with zero attached hydrogens (tertiary/aromatic N) is 1. The molecule has 104 valence electrons. The number of rotatable bonds is 8. The molecule has 1 atom stereocenters. The van der Waals surface area contributed by atoms with Crippen molar-refractivity contribution in [1.29, 1.82) is 5.26 Å². The zero-order chi connectivity index (χ0) is 14.1. The largest absolute Gasteiger partial charge is 0.314 e. The van der Waals surface area contributed by atoms with E-state index in [-0.39, 0.29) is 5.41 Å². The minimum absolute atomic E-state index is 0.205. The number of hydrogen-bond donors (Lipinski definition) is 1. The van der Waals surface area contributed by atoms with Crippen molar-refractivity contribution >= 4 is 0 Å². The molecular formula is C17H26N2. The standard InChI is InChI=1S/C17H26N2/c1-15(10-11-16-8-5-4-6-9-16)19-14-17(2,3)12-7-13-18/h4-6,8-9,15,19H,7,10-12,14H2,1-3H3. The number of hydrogen-bond acceptors (Lipinski definition) is 2. The van der Waals surface area contributed by atoms with Crippen LogP contribution in [0.1, 0.15) is 45.6 Å². The third-order valence-electron chi connectivity index (χ3n) is 3.55. The molecule has 2 nitrogen and oxygen atoms in total. The maximum atomic E-state index is 8.65. The van der Waals surface area contributed by atoms with Gasteiger partial charge in [0.25, 0.3) is 0 Å². The van der Waals surface area contributed by atoms with Crippen molar-refractivity contribution in [1.82, 2.24) is 5.32 Å². The van der Waals surface area contributed by atoms with E-state index >= 15 is 0 Å². The van der Waals surface area contributed by atoms with Crippen LogP contribution in [0, 0.1) is 16.7 Å². The Labute approximate surface area is 117 Å². The monoisotopic (exact) mass is 258 g/mol. The maximum Gasteiger partial charge on any atom is 0.0621 e. The fourth-order valence-electron chi connectivity index (χ4n) is 2.06. The summed E-state index contributed by atoms with van der Waals surface area (Å²) in [6.07, 6.45) is 3.88. The first-order valence-electron chi connectivity index (χ1n) is 7.18. The SMILES string of the molecule is CC(CCc1ccccc1)NCC(C)(C)CCC#N. The predicted molar refractivity (Wildman–Crippen MR) is 80.9 cm³/mol. The van der Waals surface area contributed by atoms with Crippen molar-refractivity contribution < 1.29 is 0 Å². The van der Waals surface area contributed by atoms with Gasteiger partial charge in [0.2, 0.25) is 0 Å². The summed E-state index contributed by atoms with van der Waals surface area (Å²) in [4.78, 5) is 0. The lowest BCUT2D eigenvalue weighted by molar-refractivity contribution is 0.300. The predicted octanol–water partition coefficient (Wildman–Crippen LogP) is 3.93. The van der Waals surface area contributed by atoms with Crippen LogP contribution in [0.4, 0.5) is 0 Å². The van der Waals surface area contributed by atoms with E-state index in [1.807, 2.05) is 0 Å². The fourth-order valence-corrected chi connectivity index (χ4v) is 2.06. The van der Waals surface area contributed by atoms with Gasteiger partial charge in [-0.15, -0.1) is 0 Å². The first kappa shape index (κ1) is 15.7. The summed E-state index contributed by atoms with van der Waals surface area (Å²) in [7, 11) is 0. The van der Waals surface area contributed by atoms with Crippen LogP contribution in [0.2, 0.25) is 0 Å². The Kier molecular flexibility index (Phi) is 6.59. The molecule has 0 fully saturated rings. The number of benzene rings is 1. The number of nitriles is 1. The third kappa shape index (κ3) is 6.98. The molecule has 0 saturated heterocycles. The van der Waals surface area contributed by atoms with Crippen molar-refractivity contribution in [2.24, 2.45) is 5.41 Å². The second-order valence-corrected chi connectivity index (χ2v) is 6.13. The number of aryl methyl sites for hydroxylation is 1. The molecule has 1 aromatic carbocycles. The lowest BCUT2D eigenvalue weighted by Crippen LogP contribution is -2.35. The van der Waals surface area contributed by atoms with Gasteiger partial charge in [-0.25, -0.2) is 0 Å². The Morgan fingerprint density at radius 3 is 2.58 bits per heavy atom. The van der Waals surface area contributed by atoms with Gasteiger partial charge in [-0.1, -0.05) is 44.2 Å². The minimum atomic E-state index is 0.205. The number of nitrogens with one attached hydrogen (secondary N) is 1. The quantitative estimate of drug-likeness (QED) is 0.767. The fraction of sp³-hybridized carbons (Fsp3) is 0.588. The molecule has 0 heterocycles. The maximum absolute atomic E-state index is 8.65. The van der Waals surface area contributed by atoms with Gasteiger partial charge in [0.1, 0.15) is 0 Å². The first-order chi connectivity index (χ1) is 9.03. The van der Waals surface area contributed by atoms with E-state index in [0.717, 1.165) is 25.8 Å². The molecule has 1 aromatic rings. The van der Waals surface area contributed by atoms with Gasteiger partial charge in [-0.3, -0.25) is 0 Å². The smallest absolute Gasteiger partial charge is 0.0621 e. The van der Waals surface area contributed by atoms with Crippen LogP contribution >= 0.6 is 0 Å². The van der Waals surface area contributed by atoms with E-state index in [2.05, 4.69) is 62.5 Å². The van der Waals surface area contributed by atoms with Crippen molar-refractivity contribution in [2.75, 3.05) is 6.54 Å². The molecule has 0 aliphatic heterocycles. The lowest BCUT2D eigenvalue weighted by Gasteiger charge is -2.26. The molecule has 0 aromatic heterocycles. The van der Waals surface area contributed by atoms with E-state index < -0.39 is 0 Å². The summed E-state index contributed by atoms with van der Waals surface area (Å²) < 4.78 is 0. The van der Waals surface area contributed by atoms with E-state index in [0.29, 0.717) is 12.5 Å². The molecule has 2 heteroatoms. The Bertz CT molecular complexity index is 389. The highest BCUT2D eigenvalue weighted by Gasteiger charge is 2.17. The molecule has 1 unspecified atom stereocenters. The Morgan fingerprint density at radius 1 is 1.26 bits per heavy atom. The second-order valence-electron chi connectivity index (χ2n) is 6.13. The zero-order valence-electron chi connectivity index (χ0n) is 12.4. The molecule has 1 rings (SSSR count). The Morgan fingerprint density at radius 2 is 1.95 bits per heavy atom. The molecule has 0 bridgehead atoms. The third-order valence-corrected chi connectivity index (χ3v) is 3.55. The average Bonchev–Trinajstić information content (AvgIpc) is 2.42. The Hall–Kier alpha value is -1.33. The van der Waals surface area contributed by atoms with Crippen LogP contribution in [0.15, 0.2) is 30.3 Å². The second kappa shape index (κ2) is 7.96. The van der Waals surface area contributed by atoms with Gasteiger partial charge in [-0.2, -0.15) is 5.26 Å². The molecule has 0 radical (unpaired) electrons. The topological polar surface area (TPSA) is 35.8 Å². The van der Waals surface area contributed by atoms with Gasteiger partial charge in [0.05, 0.1) is 6.07 Å². The van der Waals surface area contributed by atoms with Gasteiger partial charge in [0, 0.05) is 19.0 Å². The average molecular weight is 258 g/mol. The molecule has 0 amide bonds. The van der Waals surface area contributed by atoms with Crippen molar-refractivity contribution in [2.45, 2.75) is 52.5 Å². The highest BCUT2D eigenvalue weighted by molar-refractivity contribution is 5.14. The zero-order valence-corrected chi connectivity index (χ0v) is 12.4.